The van der Waals surface area contributed by atoms with Gasteiger partial charge in [-0.2, -0.15) is 0 Å². The minimum Gasteiger partial charge on any atom is -0.440 e. The number of hydrogen-bond donors (Lipinski definition) is 1. The molecular weight excluding hydrogens is 292 g/mol. The lowest BCUT2D eigenvalue weighted by Gasteiger charge is -2.19. The number of halogens is 1. The Morgan fingerprint density at radius 3 is 2.81 bits per heavy atom. The van der Waals surface area contributed by atoms with Gasteiger partial charge in [-0.15, -0.1) is 0 Å². The molecule has 0 saturated heterocycles. The van der Waals surface area contributed by atoms with Crippen molar-refractivity contribution in [3.05, 3.63) is 45.3 Å². The Balaban J connectivity index is 2.26. The summed E-state index contributed by atoms with van der Waals surface area (Å²) < 4.78 is 6.72. The van der Waals surface area contributed by atoms with Crippen LogP contribution in [0.5, 0.6) is 0 Å². The highest BCUT2D eigenvalue weighted by Crippen LogP contribution is 2.37. The molecule has 0 spiro atoms. The third-order valence-corrected chi connectivity index (χ3v) is 4.00. The number of rotatable bonds is 3. The molecule has 1 amide bonds. The molecule has 1 aliphatic carbocycles. The Morgan fingerprint density at radius 2 is 2.19 bits per heavy atom. The number of carbonyl (C=O) groups excluding carboxylic acids is 1. The van der Waals surface area contributed by atoms with E-state index in [-0.39, 0.29) is 11.6 Å². The van der Waals surface area contributed by atoms with Crippen LogP contribution in [0.4, 0.5) is 4.79 Å². The predicted octanol–water partition coefficient (Wildman–Crippen LogP) is 3.15. The Kier molecular flexibility index (Phi) is 3.37. The maximum atomic E-state index is 12.7. The average molecular weight is 307 g/mol. The molecule has 1 saturated carbocycles. The Hall–Kier alpha value is -2.01. The summed E-state index contributed by atoms with van der Waals surface area (Å²) in [7, 11) is 0. The van der Waals surface area contributed by atoms with Gasteiger partial charge in [0.05, 0.1) is 16.1 Å². The van der Waals surface area contributed by atoms with Crippen molar-refractivity contribution in [2.24, 2.45) is 5.73 Å². The van der Waals surface area contributed by atoms with Crippen LogP contribution in [-0.4, -0.2) is 10.7 Å². The van der Waals surface area contributed by atoms with Crippen LogP contribution < -0.4 is 11.3 Å². The summed E-state index contributed by atoms with van der Waals surface area (Å²) in [6, 6.07) is 7.29. The third-order valence-electron chi connectivity index (χ3n) is 3.68. The van der Waals surface area contributed by atoms with Gasteiger partial charge in [0, 0.05) is 6.04 Å². The molecular formula is C15H15ClN2O3. The van der Waals surface area contributed by atoms with E-state index in [0.717, 1.165) is 18.2 Å². The molecule has 1 aromatic heterocycles. The lowest BCUT2D eigenvalue weighted by atomic mass is 10.1. The van der Waals surface area contributed by atoms with E-state index in [1.807, 2.05) is 12.1 Å². The summed E-state index contributed by atoms with van der Waals surface area (Å²) in [4.78, 5) is 23.7. The summed E-state index contributed by atoms with van der Waals surface area (Å²) >= 11 is 6.16. The number of primary amides is 1. The Morgan fingerprint density at radius 1 is 1.48 bits per heavy atom. The van der Waals surface area contributed by atoms with Crippen molar-refractivity contribution >= 4 is 28.5 Å². The average Bonchev–Trinajstić information content (AvgIpc) is 3.21. The lowest BCUT2D eigenvalue weighted by Crippen LogP contribution is -2.26. The van der Waals surface area contributed by atoms with Crippen molar-refractivity contribution in [2.45, 2.75) is 31.9 Å². The quantitative estimate of drug-likeness (QED) is 0.946. The van der Waals surface area contributed by atoms with Crippen molar-refractivity contribution in [2.75, 3.05) is 0 Å². The van der Waals surface area contributed by atoms with E-state index in [0.29, 0.717) is 16.1 Å². The maximum Gasteiger partial charge on any atom is 0.405 e. The van der Waals surface area contributed by atoms with Crippen molar-refractivity contribution < 1.29 is 9.53 Å². The number of fused-ring (bicyclic) bond motifs is 1. The summed E-state index contributed by atoms with van der Waals surface area (Å²) in [6.07, 6.45) is 0.431. The summed E-state index contributed by atoms with van der Waals surface area (Å²) in [5.41, 5.74) is 5.58. The molecule has 0 bridgehead atoms. The molecule has 0 radical (unpaired) electrons. The highest BCUT2D eigenvalue weighted by atomic mass is 35.5. The van der Waals surface area contributed by atoms with Crippen LogP contribution in [0.3, 0.4) is 0 Å². The number of nitrogens with two attached hydrogens (primary N) is 1. The highest BCUT2D eigenvalue weighted by molar-refractivity contribution is 6.35. The molecule has 5 nitrogen and oxygen atoms in total. The van der Waals surface area contributed by atoms with Crippen LogP contribution in [0.15, 0.2) is 29.1 Å². The predicted molar refractivity (Wildman–Crippen MR) is 80.6 cm³/mol. The smallest absolute Gasteiger partial charge is 0.405 e. The van der Waals surface area contributed by atoms with Crippen molar-refractivity contribution in [1.29, 1.82) is 0 Å². The van der Waals surface area contributed by atoms with Gasteiger partial charge in [-0.25, -0.2) is 4.79 Å². The van der Waals surface area contributed by atoms with Crippen LogP contribution >= 0.6 is 11.6 Å². The minimum absolute atomic E-state index is 0.143. The van der Waals surface area contributed by atoms with Crippen LogP contribution in [0.2, 0.25) is 5.02 Å². The van der Waals surface area contributed by atoms with Crippen molar-refractivity contribution in [3.63, 3.8) is 0 Å². The molecule has 2 N–H and O–H groups in total. The van der Waals surface area contributed by atoms with E-state index < -0.39 is 12.2 Å². The minimum atomic E-state index is -0.858. The molecule has 0 unspecified atom stereocenters. The zero-order valence-electron chi connectivity index (χ0n) is 11.5. The molecule has 1 aromatic carbocycles. The maximum absolute atomic E-state index is 12.7. The molecule has 0 aliphatic heterocycles. The zero-order chi connectivity index (χ0) is 15.1. The van der Waals surface area contributed by atoms with Gasteiger partial charge in [0.25, 0.3) is 5.56 Å². The van der Waals surface area contributed by atoms with Gasteiger partial charge in [0.1, 0.15) is 6.10 Å². The molecule has 6 heteroatoms. The van der Waals surface area contributed by atoms with E-state index >= 15 is 0 Å². The fourth-order valence-corrected chi connectivity index (χ4v) is 2.87. The molecule has 3 rings (SSSR count). The molecule has 1 fully saturated rings. The lowest BCUT2D eigenvalue weighted by molar-refractivity contribution is 0.112. The second-order valence-corrected chi connectivity index (χ2v) is 5.67. The number of pyridine rings is 1. The van der Waals surface area contributed by atoms with Crippen LogP contribution in [0.1, 0.15) is 37.6 Å². The monoisotopic (exact) mass is 306 g/mol. The topological polar surface area (TPSA) is 74.3 Å². The standard InChI is InChI=1S/C15H15ClN2O3/c1-8(21-15(17)20)12-7-9-3-2-4-11(16)13(9)14(19)18(12)10-5-6-10/h2-4,7-8,10H,5-6H2,1H3,(H2,17,20)/t8-/m0/s1. The number of amides is 1. The van der Waals surface area contributed by atoms with Gasteiger partial charge in [-0.3, -0.25) is 4.79 Å². The Bertz CT molecular complexity index is 780. The van der Waals surface area contributed by atoms with Crippen molar-refractivity contribution in [3.8, 4) is 0 Å². The molecule has 110 valence electrons. The second kappa shape index (κ2) is 5.07. The van der Waals surface area contributed by atoms with Gasteiger partial charge >= 0.3 is 6.09 Å². The van der Waals surface area contributed by atoms with Gasteiger partial charge < -0.3 is 15.0 Å². The second-order valence-electron chi connectivity index (χ2n) is 5.26. The fourth-order valence-electron chi connectivity index (χ4n) is 2.61. The zero-order valence-corrected chi connectivity index (χ0v) is 12.3. The van der Waals surface area contributed by atoms with E-state index in [1.165, 1.54) is 0 Å². The first kappa shape index (κ1) is 13.9. The number of hydrogen-bond acceptors (Lipinski definition) is 3. The molecule has 1 aliphatic rings. The van der Waals surface area contributed by atoms with Crippen LogP contribution in [0, 0.1) is 0 Å². The highest BCUT2D eigenvalue weighted by Gasteiger charge is 2.30. The Labute approximate surface area is 126 Å². The van der Waals surface area contributed by atoms with E-state index in [4.69, 9.17) is 22.1 Å². The third kappa shape index (κ3) is 2.49. The van der Waals surface area contributed by atoms with Crippen LogP contribution in [0.25, 0.3) is 10.8 Å². The SMILES string of the molecule is C[C@H](OC(N)=O)c1cc2cccc(Cl)c2c(=O)n1C1CC1. The van der Waals surface area contributed by atoms with Crippen LogP contribution in [-0.2, 0) is 4.74 Å². The van der Waals surface area contributed by atoms with Gasteiger partial charge in [-0.1, -0.05) is 23.7 Å². The number of benzene rings is 1. The molecule has 2 aromatic rings. The van der Waals surface area contributed by atoms with E-state index in [1.54, 1.807) is 23.6 Å². The summed E-state index contributed by atoms with van der Waals surface area (Å²) in [5, 5.41) is 1.67. The first-order chi connectivity index (χ1) is 9.99. The number of nitrogens with zero attached hydrogens (tertiary/aromatic N) is 1. The molecule has 1 atom stereocenters. The summed E-state index contributed by atoms with van der Waals surface area (Å²) in [6.45, 7) is 1.70. The normalized spacial score (nSPS) is 15.9. The number of ether oxygens (including phenoxy) is 1. The fraction of sp³-hybridized carbons (Fsp3) is 0.333. The molecule has 21 heavy (non-hydrogen) atoms. The van der Waals surface area contributed by atoms with E-state index in [2.05, 4.69) is 0 Å². The van der Waals surface area contributed by atoms with Gasteiger partial charge in [0.2, 0.25) is 0 Å². The first-order valence-corrected chi connectivity index (χ1v) is 7.16. The number of aromatic nitrogens is 1. The summed E-state index contributed by atoms with van der Waals surface area (Å²) in [5.74, 6) is 0. The van der Waals surface area contributed by atoms with E-state index in [9.17, 15) is 9.59 Å². The molecule has 1 heterocycles. The van der Waals surface area contributed by atoms with Gasteiger partial charge in [-0.05, 0) is 37.3 Å². The number of carbonyl (C=O) groups is 1. The van der Waals surface area contributed by atoms with Gasteiger partial charge in [0.15, 0.2) is 0 Å². The largest absolute Gasteiger partial charge is 0.440 e. The van der Waals surface area contributed by atoms with Crippen molar-refractivity contribution in [1.82, 2.24) is 4.57 Å². The first-order valence-electron chi connectivity index (χ1n) is 6.79.